The highest BCUT2D eigenvalue weighted by Gasteiger charge is 2.39. The zero-order valence-electron chi connectivity index (χ0n) is 13.3. The fraction of sp³-hybridized carbons (Fsp3) is 0.625. The van der Waals surface area contributed by atoms with Crippen LogP contribution in [0, 0.1) is 6.92 Å². The van der Waals surface area contributed by atoms with Crippen LogP contribution < -0.4 is 0 Å². The van der Waals surface area contributed by atoms with E-state index in [1.807, 2.05) is 13.0 Å². The Balaban J connectivity index is 1.92. The summed E-state index contributed by atoms with van der Waals surface area (Å²) in [5.74, 6) is 2.70. The van der Waals surface area contributed by atoms with E-state index in [2.05, 4.69) is 17.1 Å². The molecule has 2 aromatic rings. The molecule has 3 heterocycles. The normalized spacial score (nSPS) is 17.8. The summed E-state index contributed by atoms with van der Waals surface area (Å²) < 4.78 is 22.1. The van der Waals surface area contributed by atoms with Gasteiger partial charge in [0.1, 0.15) is 5.76 Å². The van der Waals surface area contributed by atoms with Gasteiger partial charge in [-0.1, -0.05) is 12.1 Å². The second-order valence-corrected chi connectivity index (χ2v) is 5.83. The predicted molar refractivity (Wildman–Crippen MR) is 79.7 cm³/mol. The standard InChI is InChI=1S/C16H22N2O4/c1-4-12-9-11(2)13(21-12)14-17-15(18-22-14)16(10-19-3)5-7-20-8-6-16/h9H,4-8,10H2,1-3H3. The molecule has 6 heteroatoms. The number of aromatic nitrogens is 2. The number of hydrogen-bond donors (Lipinski definition) is 0. The molecule has 0 radical (unpaired) electrons. The average molecular weight is 306 g/mol. The predicted octanol–water partition coefficient (Wildman–Crippen LogP) is 2.90. The lowest BCUT2D eigenvalue weighted by Gasteiger charge is -2.33. The molecule has 0 aliphatic carbocycles. The van der Waals surface area contributed by atoms with Crippen LogP contribution in [0.5, 0.6) is 0 Å². The molecule has 120 valence electrons. The Labute approximate surface area is 129 Å². The van der Waals surface area contributed by atoms with Gasteiger partial charge in [-0.05, 0) is 25.8 Å². The maximum Gasteiger partial charge on any atom is 0.293 e. The first kappa shape index (κ1) is 15.2. The first-order chi connectivity index (χ1) is 10.7. The first-order valence-corrected chi connectivity index (χ1v) is 7.69. The monoisotopic (exact) mass is 306 g/mol. The van der Waals surface area contributed by atoms with Crippen LogP contribution in [0.15, 0.2) is 15.0 Å². The lowest BCUT2D eigenvalue weighted by atomic mass is 9.80. The first-order valence-electron chi connectivity index (χ1n) is 7.69. The topological polar surface area (TPSA) is 70.5 Å². The van der Waals surface area contributed by atoms with Crippen molar-refractivity contribution in [3.8, 4) is 11.7 Å². The van der Waals surface area contributed by atoms with Crippen LogP contribution in [0.2, 0.25) is 0 Å². The molecule has 1 saturated heterocycles. The van der Waals surface area contributed by atoms with Crippen molar-refractivity contribution >= 4 is 0 Å². The molecule has 0 spiro atoms. The molecule has 1 fully saturated rings. The summed E-state index contributed by atoms with van der Waals surface area (Å²) in [6.45, 7) is 5.98. The lowest BCUT2D eigenvalue weighted by Crippen LogP contribution is -2.39. The molecule has 0 saturated carbocycles. The van der Waals surface area contributed by atoms with Crippen molar-refractivity contribution in [1.29, 1.82) is 0 Å². The Bertz CT molecular complexity index is 620. The molecule has 0 unspecified atom stereocenters. The molecule has 1 aliphatic rings. The van der Waals surface area contributed by atoms with Crippen LogP contribution in [0.25, 0.3) is 11.7 Å². The molecule has 22 heavy (non-hydrogen) atoms. The summed E-state index contributed by atoms with van der Waals surface area (Å²) in [5, 5.41) is 4.20. The molecule has 0 aromatic carbocycles. The minimum Gasteiger partial charge on any atom is -0.456 e. The van der Waals surface area contributed by atoms with Crippen LogP contribution in [-0.2, 0) is 21.3 Å². The van der Waals surface area contributed by atoms with Crippen LogP contribution in [-0.4, -0.2) is 37.1 Å². The maximum atomic E-state index is 5.79. The van der Waals surface area contributed by atoms with Crippen LogP contribution in [0.1, 0.15) is 36.9 Å². The molecular weight excluding hydrogens is 284 g/mol. The van der Waals surface area contributed by atoms with Gasteiger partial charge in [-0.2, -0.15) is 4.98 Å². The number of hydrogen-bond acceptors (Lipinski definition) is 6. The van der Waals surface area contributed by atoms with Gasteiger partial charge in [-0.15, -0.1) is 0 Å². The van der Waals surface area contributed by atoms with Crippen molar-refractivity contribution < 1.29 is 18.4 Å². The Morgan fingerprint density at radius 2 is 2.09 bits per heavy atom. The smallest absolute Gasteiger partial charge is 0.293 e. The van der Waals surface area contributed by atoms with Crippen molar-refractivity contribution in [1.82, 2.24) is 10.1 Å². The van der Waals surface area contributed by atoms with Gasteiger partial charge < -0.3 is 18.4 Å². The highest BCUT2D eigenvalue weighted by molar-refractivity contribution is 5.51. The molecule has 1 aliphatic heterocycles. The quantitative estimate of drug-likeness (QED) is 0.846. The molecule has 0 atom stereocenters. The van der Waals surface area contributed by atoms with Gasteiger partial charge in [0, 0.05) is 32.3 Å². The second kappa shape index (κ2) is 6.22. The Morgan fingerprint density at radius 1 is 1.32 bits per heavy atom. The fourth-order valence-electron chi connectivity index (χ4n) is 2.94. The molecule has 0 N–H and O–H groups in total. The molecular formula is C16H22N2O4. The summed E-state index contributed by atoms with van der Waals surface area (Å²) in [6.07, 6.45) is 2.50. The van der Waals surface area contributed by atoms with Gasteiger partial charge in [-0.25, -0.2) is 0 Å². The summed E-state index contributed by atoms with van der Waals surface area (Å²) >= 11 is 0. The maximum absolute atomic E-state index is 5.79. The Morgan fingerprint density at radius 3 is 2.73 bits per heavy atom. The zero-order chi connectivity index (χ0) is 15.6. The van der Waals surface area contributed by atoms with Gasteiger partial charge in [0.05, 0.1) is 12.0 Å². The minimum atomic E-state index is -0.233. The van der Waals surface area contributed by atoms with E-state index in [1.54, 1.807) is 7.11 Å². The SMILES string of the molecule is CCc1cc(C)c(-c2nc(C3(COC)CCOCC3)no2)o1. The van der Waals surface area contributed by atoms with Gasteiger partial charge >= 0.3 is 0 Å². The highest BCUT2D eigenvalue weighted by atomic mass is 16.5. The van der Waals surface area contributed by atoms with E-state index < -0.39 is 0 Å². The number of rotatable bonds is 5. The average Bonchev–Trinajstić information content (AvgIpc) is 3.15. The highest BCUT2D eigenvalue weighted by Crippen LogP contribution is 2.35. The molecule has 0 amide bonds. The number of ether oxygens (including phenoxy) is 2. The van der Waals surface area contributed by atoms with E-state index in [-0.39, 0.29) is 5.41 Å². The van der Waals surface area contributed by atoms with Gasteiger partial charge in [0.15, 0.2) is 11.6 Å². The Kier molecular flexibility index (Phi) is 4.31. The van der Waals surface area contributed by atoms with E-state index in [9.17, 15) is 0 Å². The largest absolute Gasteiger partial charge is 0.456 e. The van der Waals surface area contributed by atoms with E-state index in [1.165, 1.54) is 0 Å². The molecule has 0 bridgehead atoms. The zero-order valence-corrected chi connectivity index (χ0v) is 13.3. The molecule has 3 rings (SSSR count). The fourth-order valence-corrected chi connectivity index (χ4v) is 2.94. The third-order valence-electron chi connectivity index (χ3n) is 4.28. The number of nitrogens with zero attached hydrogens (tertiary/aromatic N) is 2. The van der Waals surface area contributed by atoms with Gasteiger partial charge in [0.25, 0.3) is 5.89 Å². The van der Waals surface area contributed by atoms with Crippen molar-refractivity contribution in [2.24, 2.45) is 0 Å². The van der Waals surface area contributed by atoms with Crippen LogP contribution in [0.3, 0.4) is 0 Å². The van der Waals surface area contributed by atoms with Gasteiger partial charge in [-0.3, -0.25) is 0 Å². The summed E-state index contributed by atoms with van der Waals surface area (Å²) in [5.41, 5.74) is 0.780. The third-order valence-corrected chi connectivity index (χ3v) is 4.28. The van der Waals surface area contributed by atoms with Gasteiger partial charge in [0.2, 0.25) is 0 Å². The number of methoxy groups -OCH3 is 1. The Hall–Kier alpha value is -1.66. The van der Waals surface area contributed by atoms with E-state index in [4.69, 9.17) is 18.4 Å². The van der Waals surface area contributed by atoms with E-state index in [0.29, 0.717) is 37.3 Å². The number of furan rings is 1. The molecule has 6 nitrogen and oxygen atoms in total. The van der Waals surface area contributed by atoms with Crippen molar-refractivity contribution in [2.45, 2.75) is 38.5 Å². The lowest BCUT2D eigenvalue weighted by molar-refractivity contribution is 0.00915. The second-order valence-electron chi connectivity index (χ2n) is 5.83. The van der Waals surface area contributed by atoms with E-state index in [0.717, 1.165) is 30.6 Å². The minimum absolute atomic E-state index is 0.233. The third kappa shape index (κ3) is 2.68. The summed E-state index contributed by atoms with van der Waals surface area (Å²) in [6, 6.07) is 2.01. The van der Waals surface area contributed by atoms with Crippen LogP contribution in [0.4, 0.5) is 0 Å². The van der Waals surface area contributed by atoms with Crippen molar-refractivity contribution in [2.75, 3.05) is 26.9 Å². The van der Waals surface area contributed by atoms with E-state index >= 15 is 0 Å². The summed E-state index contributed by atoms with van der Waals surface area (Å²) in [7, 11) is 1.70. The van der Waals surface area contributed by atoms with Crippen LogP contribution >= 0.6 is 0 Å². The van der Waals surface area contributed by atoms with Crippen molar-refractivity contribution in [3.05, 3.63) is 23.2 Å². The van der Waals surface area contributed by atoms with Crippen molar-refractivity contribution in [3.63, 3.8) is 0 Å². The number of aryl methyl sites for hydroxylation is 2. The molecule has 2 aromatic heterocycles. The summed E-state index contributed by atoms with van der Waals surface area (Å²) in [4.78, 5) is 4.60.